The summed E-state index contributed by atoms with van der Waals surface area (Å²) in [4.78, 5) is 42.0. The van der Waals surface area contributed by atoms with Crippen LogP contribution in [0.3, 0.4) is 0 Å². The van der Waals surface area contributed by atoms with E-state index in [1.54, 1.807) is 41.5 Å². The molecule has 1 atom stereocenters. The van der Waals surface area contributed by atoms with Crippen molar-refractivity contribution in [2.24, 2.45) is 4.99 Å². The van der Waals surface area contributed by atoms with Crippen LogP contribution in [0.2, 0.25) is 0 Å². The lowest BCUT2D eigenvalue weighted by molar-refractivity contribution is -0.385. The number of rotatable bonds is 2. The Labute approximate surface area is 210 Å². The van der Waals surface area contributed by atoms with Crippen molar-refractivity contribution in [3.63, 3.8) is 0 Å². The number of nitro benzene ring substituents is 1. The second-order valence-electron chi connectivity index (χ2n) is 11.2. The van der Waals surface area contributed by atoms with E-state index in [-0.39, 0.29) is 5.56 Å². The van der Waals surface area contributed by atoms with Crippen molar-refractivity contribution in [3.05, 3.63) is 33.9 Å². The second kappa shape index (κ2) is 9.02. The van der Waals surface area contributed by atoms with E-state index in [0.717, 1.165) is 18.2 Å². The molecular weight excluding hydrogens is 494 g/mol. The van der Waals surface area contributed by atoms with E-state index >= 15 is 0 Å². The molecule has 0 bridgehead atoms. The monoisotopic (exact) mass is 527 g/mol. The average Bonchev–Trinajstić information content (AvgIpc) is 2.63. The normalized spacial score (nSPS) is 21.2. The van der Waals surface area contributed by atoms with Crippen molar-refractivity contribution in [2.75, 3.05) is 5.75 Å². The molecular formula is C23H33N3O9S. The van der Waals surface area contributed by atoms with Gasteiger partial charge in [-0.2, -0.15) is 4.90 Å². The maximum Gasteiger partial charge on any atom is 0.425 e. The number of phenolic OH excluding ortho intramolecular Hbond substituents is 1. The highest BCUT2D eigenvalue weighted by Crippen LogP contribution is 2.43. The summed E-state index contributed by atoms with van der Waals surface area (Å²) in [6, 6.07) is 3.12. The van der Waals surface area contributed by atoms with Crippen molar-refractivity contribution in [2.45, 2.75) is 83.8 Å². The Morgan fingerprint density at radius 2 is 1.53 bits per heavy atom. The third kappa shape index (κ3) is 5.94. The maximum atomic E-state index is 13.5. The van der Waals surface area contributed by atoms with Gasteiger partial charge in [0.25, 0.3) is 5.69 Å². The number of sulfone groups is 1. The molecule has 0 aromatic heterocycles. The molecule has 1 heterocycles. The molecule has 0 fully saturated rings. The van der Waals surface area contributed by atoms with Crippen LogP contribution in [0.25, 0.3) is 0 Å². The smallest absolute Gasteiger partial charge is 0.425 e. The van der Waals surface area contributed by atoms with E-state index in [2.05, 4.69) is 4.99 Å². The highest BCUT2D eigenvalue weighted by atomic mass is 32.2. The number of non-ortho nitro benzene ring substituents is 1. The molecule has 1 N–H and O–H groups in total. The van der Waals surface area contributed by atoms with E-state index in [9.17, 15) is 33.2 Å². The van der Waals surface area contributed by atoms with Gasteiger partial charge in [0.05, 0.1) is 10.7 Å². The number of carbonyl (C=O) groups is 2. The van der Waals surface area contributed by atoms with Gasteiger partial charge >= 0.3 is 12.2 Å². The Morgan fingerprint density at radius 3 is 1.94 bits per heavy atom. The van der Waals surface area contributed by atoms with Crippen molar-refractivity contribution in [3.8, 4) is 5.75 Å². The van der Waals surface area contributed by atoms with E-state index in [1.165, 1.54) is 20.8 Å². The molecule has 1 aromatic rings. The van der Waals surface area contributed by atoms with Gasteiger partial charge in [-0.05, 0) is 68.4 Å². The Bertz CT molecular complexity index is 1200. The van der Waals surface area contributed by atoms with Crippen LogP contribution in [-0.2, 0) is 24.8 Å². The molecule has 0 saturated carbocycles. The number of nitrogens with zero attached hydrogens (tertiary/aromatic N) is 3. The minimum Gasteiger partial charge on any atom is -0.508 e. The van der Waals surface area contributed by atoms with E-state index in [0.29, 0.717) is 4.90 Å². The second-order valence-corrected chi connectivity index (χ2v) is 13.8. The molecule has 13 heteroatoms. The molecule has 0 unspecified atom stereocenters. The predicted molar refractivity (Wildman–Crippen MR) is 132 cm³/mol. The summed E-state index contributed by atoms with van der Waals surface area (Å²) in [5, 5.41) is 21.8. The first-order valence-electron chi connectivity index (χ1n) is 11.1. The number of aromatic hydroxyl groups is 1. The van der Waals surface area contributed by atoms with Gasteiger partial charge in [0.15, 0.2) is 9.84 Å². The number of ether oxygens (including phenoxy) is 2. The largest absolute Gasteiger partial charge is 0.508 e. The Kier molecular flexibility index (Phi) is 7.27. The number of hydrogen-bond acceptors (Lipinski definition) is 10. The van der Waals surface area contributed by atoms with Crippen LogP contribution in [0, 0.1) is 10.1 Å². The number of imide groups is 1. The third-order valence-electron chi connectivity index (χ3n) is 5.27. The van der Waals surface area contributed by atoms with Crippen LogP contribution in [-0.4, -0.2) is 63.1 Å². The standard InChI is InChI=1S/C23H33N3O9S/c1-20(2,3)34-18(28)25(19(29)35-21(4,5)6)17-22(7,8)36(32,33)13-23(9,24-17)15-12-14(26(30)31)10-11-16(15)27/h10-12,27H,13H2,1-9H3/t23-/m0/s1. The van der Waals surface area contributed by atoms with E-state index in [4.69, 9.17) is 9.47 Å². The molecule has 200 valence electrons. The van der Waals surface area contributed by atoms with Gasteiger partial charge in [0.2, 0.25) is 0 Å². The number of carbonyl (C=O) groups excluding carboxylic acids is 2. The zero-order valence-corrected chi connectivity index (χ0v) is 22.7. The minimum absolute atomic E-state index is 0.165. The molecule has 1 aliphatic rings. The quantitative estimate of drug-likeness (QED) is 0.436. The highest BCUT2D eigenvalue weighted by molar-refractivity contribution is 7.93. The number of nitro groups is 1. The first-order chi connectivity index (χ1) is 16.0. The van der Waals surface area contributed by atoms with Crippen molar-refractivity contribution < 1.29 is 37.5 Å². The molecule has 1 aliphatic heterocycles. The van der Waals surface area contributed by atoms with Gasteiger partial charge in [-0.1, -0.05) is 0 Å². The lowest BCUT2D eigenvalue weighted by Gasteiger charge is -2.42. The molecule has 2 rings (SSSR count). The van der Waals surface area contributed by atoms with E-state index in [1.807, 2.05) is 0 Å². The molecule has 0 radical (unpaired) electrons. The van der Waals surface area contributed by atoms with Crippen LogP contribution < -0.4 is 0 Å². The van der Waals surface area contributed by atoms with Crippen LogP contribution in [0.4, 0.5) is 15.3 Å². The molecule has 0 saturated heterocycles. The number of hydrogen-bond donors (Lipinski definition) is 1. The van der Waals surface area contributed by atoms with Crippen LogP contribution in [0.5, 0.6) is 5.75 Å². The lowest BCUT2D eigenvalue weighted by Crippen LogP contribution is -2.61. The molecule has 12 nitrogen and oxygen atoms in total. The summed E-state index contributed by atoms with van der Waals surface area (Å²) in [6.45, 7) is 13.3. The zero-order chi connectivity index (χ0) is 28.1. The Morgan fingerprint density at radius 1 is 1.06 bits per heavy atom. The summed E-state index contributed by atoms with van der Waals surface area (Å²) in [7, 11) is -4.18. The summed E-state index contributed by atoms with van der Waals surface area (Å²) in [5.74, 6) is -1.62. The third-order valence-corrected chi connectivity index (χ3v) is 7.95. The van der Waals surface area contributed by atoms with Crippen molar-refractivity contribution >= 4 is 33.5 Å². The molecule has 2 amide bonds. The predicted octanol–water partition coefficient (Wildman–Crippen LogP) is 4.29. The maximum absolute atomic E-state index is 13.5. The first-order valence-corrected chi connectivity index (χ1v) is 12.7. The summed E-state index contributed by atoms with van der Waals surface area (Å²) < 4.78 is 35.9. The van der Waals surface area contributed by atoms with Gasteiger partial charge in [-0.25, -0.2) is 18.0 Å². The number of amidine groups is 1. The summed E-state index contributed by atoms with van der Waals surface area (Å²) in [5.41, 5.74) is -4.49. The van der Waals surface area contributed by atoms with Gasteiger partial charge < -0.3 is 14.6 Å². The van der Waals surface area contributed by atoms with Crippen molar-refractivity contribution in [1.29, 1.82) is 0 Å². The Balaban J connectivity index is 2.88. The highest BCUT2D eigenvalue weighted by Gasteiger charge is 2.55. The van der Waals surface area contributed by atoms with E-state index < -0.39 is 71.5 Å². The molecule has 0 aliphatic carbocycles. The topological polar surface area (TPSA) is 166 Å². The van der Waals surface area contributed by atoms with Crippen molar-refractivity contribution in [1.82, 2.24) is 4.90 Å². The van der Waals surface area contributed by atoms with Gasteiger partial charge in [0.1, 0.15) is 33.1 Å². The lowest BCUT2D eigenvalue weighted by atomic mass is 9.92. The number of amides is 2. The first kappa shape index (κ1) is 29.0. The van der Waals surface area contributed by atoms with Crippen LogP contribution >= 0.6 is 0 Å². The number of aliphatic imine (C=N–C) groups is 1. The van der Waals surface area contributed by atoms with Crippen LogP contribution in [0.15, 0.2) is 23.2 Å². The average molecular weight is 528 g/mol. The fourth-order valence-corrected chi connectivity index (χ4v) is 5.21. The Hall–Kier alpha value is -3.22. The molecule has 0 spiro atoms. The zero-order valence-electron chi connectivity index (χ0n) is 21.9. The van der Waals surface area contributed by atoms with Gasteiger partial charge in [-0.15, -0.1) is 0 Å². The fourth-order valence-electron chi connectivity index (χ4n) is 3.48. The van der Waals surface area contributed by atoms with Crippen LogP contribution in [0.1, 0.15) is 67.9 Å². The SMILES string of the molecule is CC(C)(C)OC(=O)N(C(=O)OC(C)(C)C)C1=N[C@](C)(c2cc([N+](=O)[O-])ccc2O)CS(=O)(=O)C1(C)C. The molecule has 36 heavy (non-hydrogen) atoms. The number of phenols is 1. The number of benzene rings is 1. The minimum atomic E-state index is -4.18. The van der Waals surface area contributed by atoms with Gasteiger partial charge in [-0.3, -0.25) is 15.1 Å². The van der Waals surface area contributed by atoms with Gasteiger partial charge in [0, 0.05) is 17.7 Å². The molecule has 1 aromatic carbocycles. The fraction of sp³-hybridized carbons (Fsp3) is 0.609. The summed E-state index contributed by atoms with van der Waals surface area (Å²) >= 11 is 0. The summed E-state index contributed by atoms with van der Waals surface area (Å²) in [6.07, 6.45) is -2.43.